The van der Waals surface area contributed by atoms with Crippen molar-refractivity contribution < 1.29 is 9.84 Å². The zero-order chi connectivity index (χ0) is 8.69. The van der Waals surface area contributed by atoms with E-state index in [1.54, 1.807) is 7.11 Å². The Morgan fingerprint density at radius 2 is 1.91 bits per heavy atom. The highest BCUT2D eigenvalue weighted by Gasteiger charge is 2.06. The van der Waals surface area contributed by atoms with E-state index in [4.69, 9.17) is 9.84 Å². The molecule has 0 aromatic rings. The number of methoxy groups -OCH3 is 1. The highest BCUT2D eigenvalue weighted by Crippen LogP contribution is 2.09. The third-order valence-corrected chi connectivity index (χ3v) is 1.85. The Hall–Kier alpha value is -0.0800. The van der Waals surface area contributed by atoms with Crippen LogP contribution in [0.2, 0.25) is 0 Å². The van der Waals surface area contributed by atoms with Crippen molar-refractivity contribution in [1.29, 1.82) is 0 Å². The molecule has 0 saturated heterocycles. The van der Waals surface area contributed by atoms with Gasteiger partial charge in [-0.05, 0) is 26.2 Å². The summed E-state index contributed by atoms with van der Waals surface area (Å²) >= 11 is 0. The fourth-order valence-corrected chi connectivity index (χ4v) is 1.13. The largest absolute Gasteiger partial charge is 0.393 e. The Morgan fingerprint density at radius 1 is 1.27 bits per heavy atom. The van der Waals surface area contributed by atoms with Crippen molar-refractivity contribution in [2.45, 2.75) is 51.7 Å². The number of hydrogen-bond donors (Lipinski definition) is 1. The molecule has 0 heterocycles. The van der Waals surface area contributed by atoms with E-state index in [2.05, 4.69) is 6.92 Å². The molecule has 0 aromatic heterocycles. The lowest BCUT2D eigenvalue weighted by molar-refractivity contribution is 0.0702. The maximum absolute atomic E-state index is 9.01. The van der Waals surface area contributed by atoms with Crippen molar-refractivity contribution in [3.63, 3.8) is 0 Å². The van der Waals surface area contributed by atoms with E-state index in [1.807, 2.05) is 6.92 Å². The molecule has 2 atom stereocenters. The molecule has 0 spiro atoms. The van der Waals surface area contributed by atoms with Crippen LogP contribution in [-0.4, -0.2) is 24.4 Å². The molecule has 0 amide bonds. The van der Waals surface area contributed by atoms with Crippen molar-refractivity contribution in [2.24, 2.45) is 0 Å². The molecule has 0 bridgehead atoms. The molecule has 2 unspecified atom stereocenters. The minimum atomic E-state index is -0.190. The lowest BCUT2D eigenvalue weighted by atomic mass is 10.1. The predicted molar refractivity (Wildman–Crippen MR) is 46.6 cm³/mol. The summed E-state index contributed by atoms with van der Waals surface area (Å²) in [5.74, 6) is 0. The molecule has 2 nitrogen and oxygen atoms in total. The SMILES string of the molecule is CCCC(CCC(C)O)OC. The molecule has 1 N–H and O–H groups in total. The Morgan fingerprint density at radius 3 is 2.27 bits per heavy atom. The molecule has 0 aliphatic heterocycles. The third-order valence-electron chi connectivity index (χ3n) is 1.85. The molecule has 11 heavy (non-hydrogen) atoms. The van der Waals surface area contributed by atoms with Gasteiger partial charge in [0.2, 0.25) is 0 Å². The zero-order valence-electron chi connectivity index (χ0n) is 7.84. The van der Waals surface area contributed by atoms with E-state index in [9.17, 15) is 0 Å². The summed E-state index contributed by atoms with van der Waals surface area (Å²) in [6.07, 6.45) is 4.22. The monoisotopic (exact) mass is 160 g/mol. The molecule has 0 fully saturated rings. The third kappa shape index (κ3) is 6.32. The van der Waals surface area contributed by atoms with Gasteiger partial charge in [0.05, 0.1) is 12.2 Å². The highest BCUT2D eigenvalue weighted by molar-refractivity contribution is 4.59. The van der Waals surface area contributed by atoms with Gasteiger partial charge in [0, 0.05) is 7.11 Å². The second kappa shape index (κ2) is 6.62. The van der Waals surface area contributed by atoms with Crippen molar-refractivity contribution in [2.75, 3.05) is 7.11 Å². The average molecular weight is 160 g/mol. The molecular weight excluding hydrogens is 140 g/mol. The normalized spacial score (nSPS) is 16.4. The van der Waals surface area contributed by atoms with Crippen molar-refractivity contribution in [1.82, 2.24) is 0 Å². The molecule has 0 aromatic carbocycles. The summed E-state index contributed by atoms with van der Waals surface area (Å²) in [6.45, 7) is 3.97. The number of aliphatic hydroxyl groups excluding tert-OH is 1. The first-order valence-electron chi connectivity index (χ1n) is 4.41. The second-order valence-electron chi connectivity index (χ2n) is 3.07. The minimum Gasteiger partial charge on any atom is -0.393 e. The summed E-state index contributed by atoms with van der Waals surface area (Å²) < 4.78 is 5.23. The minimum absolute atomic E-state index is 0.190. The van der Waals surface area contributed by atoms with Crippen LogP contribution < -0.4 is 0 Å². The lowest BCUT2D eigenvalue weighted by Gasteiger charge is -2.14. The molecule has 0 aliphatic rings. The second-order valence-corrected chi connectivity index (χ2v) is 3.07. The van der Waals surface area contributed by atoms with Crippen molar-refractivity contribution in [3.05, 3.63) is 0 Å². The topological polar surface area (TPSA) is 29.5 Å². The quantitative estimate of drug-likeness (QED) is 0.643. The van der Waals surface area contributed by atoms with Crippen LogP contribution in [0, 0.1) is 0 Å². The Balaban J connectivity index is 3.35. The predicted octanol–water partition coefficient (Wildman–Crippen LogP) is 1.96. The molecule has 0 radical (unpaired) electrons. The van der Waals surface area contributed by atoms with Crippen molar-refractivity contribution >= 4 is 0 Å². The first kappa shape index (κ1) is 10.9. The summed E-state index contributed by atoms with van der Waals surface area (Å²) in [6, 6.07) is 0. The van der Waals surface area contributed by atoms with Gasteiger partial charge in [-0.25, -0.2) is 0 Å². The van der Waals surface area contributed by atoms with Gasteiger partial charge in [-0.3, -0.25) is 0 Å². The van der Waals surface area contributed by atoms with E-state index in [-0.39, 0.29) is 6.10 Å². The van der Waals surface area contributed by atoms with Gasteiger partial charge >= 0.3 is 0 Å². The van der Waals surface area contributed by atoms with Gasteiger partial charge in [-0.15, -0.1) is 0 Å². The first-order valence-corrected chi connectivity index (χ1v) is 4.41. The van der Waals surface area contributed by atoms with Crippen LogP contribution in [-0.2, 0) is 4.74 Å². The van der Waals surface area contributed by atoms with Crippen LogP contribution in [0.4, 0.5) is 0 Å². The van der Waals surface area contributed by atoms with Crippen molar-refractivity contribution in [3.8, 4) is 0 Å². The van der Waals surface area contributed by atoms with Gasteiger partial charge in [0.1, 0.15) is 0 Å². The lowest BCUT2D eigenvalue weighted by Crippen LogP contribution is -2.13. The summed E-state index contributed by atoms with van der Waals surface area (Å²) in [4.78, 5) is 0. The Labute approximate surface area is 69.6 Å². The zero-order valence-corrected chi connectivity index (χ0v) is 7.84. The molecule has 2 heteroatoms. The van der Waals surface area contributed by atoms with Crippen LogP contribution in [0.3, 0.4) is 0 Å². The van der Waals surface area contributed by atoms with E-state index in [1.165, 1.54) is 0 Å². The van der Waals surface area contributed by atoms with E-state index < -0.39 is 0 Å². The highest BCUT2D eigenvalue weighted by atomic mass is 16.5. The standard InChI is InChI=1S/C9H20O2/c1-4-5-9(11-3)7-6-8(2)10/h8-10H,4-7H2,1-3H3. The van der Waals surface area contributed by atoms with Gasteiger partial charge in [0.25, 0.3) is 0 Å². The van der Waals surface area contributed by atoms with E-state index >= 15 is 0 Å². The summed E-state index contributed by atoms with van der Waals surface area (Å²) in [5, 5.41) is 9.01. The maximum atomic E-state index is 9.01. The number of ether oxygens (including phenoxy) is 1. The van der Waals surface area contributed by atoms with Crippen LogP contribution in [0.5, 0.6) is 0 Å². The van der Waals surface area contributed by atoms with Gasteiger partial charge in [0.15, 0.2) is 0 Å². The maximum Gasteiger partial charge on any atom is 0.0572 e. The van der Waals surface area contributed by atoms with Gasteiger partial charge in [-0.1, -0.05) is 13.3 Å². The Bertz CT molecular complexity index is 81.6. The molecule has 68 valence electrons. The van der Waals surface area contributed by atoms with Crippen LogP contribution in [0.1, 0.15) is 39.5 Å². The first-order chi connectivity index (χ1) is 5.20. The molecular formula is C9H20O2. The van der Waals surface area contributed by atoms with Crippen LogP contribution >= 0.6 is 0 Å². The summed E-state index contributed by atoms with van der Waals surface area (Å²) in [5.41, 5.74) is 0. The Kier molecular flexibility index (Phi) is 6.57. The smallest absolute Gasteiger partial charge is 0.0572 e. The van der Waals surface area contributed by atoms with Crippen LogP contribution in [0.25, 0.3) is 0 Å². The molecule has 0 rings (SSSR count). The van der Waals surface area contributed by atoms with Crippen LogP contribution in [0.15, 0.2) is 0 Å². The summed E-state index contributed by atoms with van der Waals surface area (Å²) in [7, 11) is 1.74. The number of aliphatic hydroxyl groups is 1. The fourth-order valence-electron chi connectivity index (χ4n) is 1.13. The fraction of sp³-hybridized carbons (Fsp3) is 1.00. The molecule has 0 saturated carbocycles. The van der Waals surface area contributed by atoms with Gasteiger partial charge < -0.3 is 9.84 Å². The number of rotatable bonds is 6. The van der Waals surface area contributed by atoms with Gasteiger partial charge in [-0.2, -0.15) is 0 Å². The average Bonchev–Trinajstić information content (AvgIpc) is 1.97. The van der Waals surface area contributed by atoms with E-state index in [0.29, 0.717) is 6.10 Å². The molecule has 0 aliphatic carbocycles. The van der Waals surface area contributed by atoms with E-state index in [0.717, 1.165) is 25.7 Å². The number of hydrogen-bond acceptors (Lipinski definition) is 2.